The molecule has 6 N–H and O–H groups in total. The highest BCUT2D eigenvalue weighted by Gasteiger charge is 2.47. The predicted molar refractivity (Wildman–Crippen MR) is 269 cm³/mol. The summed E-state index contributed by atoms with van der Waals surface area (Å²) in [6.07, 6.45) is 40.2. The van der Waals surface area contributed by atoms with Crippen LogP contribution >= 0.6 is 0 Å². The molecule has 0 spiro atoms. The van der Waals surface area contributed by atoms with Gasteiger partial charge < -0.3 is 45.1 Å². The number of aliphatic hydroxyl groups excluding tert-OH is 5. The number of rotatable bonds is 44. The van der Waals surface area contributed by atoms with Crippen molar-refractivity contribution in [2.45, 2.75) is 275 Å². The van der Waals surface area contributed by atoms with Gasteiger partial charge in [-0.05, 0) is 44.9 Å². The molecule has 8 atom stereocenters. The average Bonchev–Trinajstić information content (AvgIpc) is 3.31. The number of carbonyl (C=O) groups excluding carboxylic acids is 2. The number of unbranched alkanes of at least 4 members (excludes halogenated alkanes) is 26. The Bertz CT molecular complexity index is 1260. The monoisotopic (exact) mass is 934 g/mol. The van der Waals surface area contributed by atoms with Crippen molar-refractivity contribution in [3.05, 3.63) is 48.6 Å². The highest BCUT2D eigenvalue weighted by molar-refractivity contribution is 5.80. The van der Waals surface area contributed by atoms with E-state index in [0.29, 0.717) is 19.3 Å². The summed E-state index contributed by atoms with van der Waals surface area (Å²) in [5, 5.41) is 56.6. The van der Waals surface area contributed by atoms with Crippen LogP contribution in [0.25, 0.3) is 0 Å². The van der Waals surface area contributed by atoms with Gasteiger partial charge in [0.05, 0.1) is 25.4 Å². The van der Waals surface area contributed by atoms with Gasteiger partial charge in [-0.25, -0.2) is 0 Å². The van der Waals surface area contributed by atoms with E-state index in [1.54, 1.807) is 6.08 Å². The lowest BCUT2D eigenvalue weighted by Gasteiger charge is -2.41. The van der Waals surface area contributed by atoms with Crippen molar-refractivity contribution in [1.82, 2.24) is 5.32 Å². The summed E-state index contributed by atoms with van der Waals surface area (Å²) >= 11 is 0. The van der Waals surface area contributed by atoms with Gasteiger partial charge in [-0.2, -0.15) is 0 Å². The van der Waals surface area contributed by atoms with Gasteiger partial charge in [-0.15, -0.1) is 0 Å². The van der Waals surface area contributed by atoms with Gasteiger partial charge in [-0.1, -0.05) is 223 Å². The maximum Gasteiger partial charge on any atom is 0.306 e. The lowest BCUT2D eigenvalue weighted by molar-refractivity contribution is -0.305. The molecule has 1 saturated heterocycles. The Labute approximate surface area is 402 Å². The predicted octanol–water partition coefficient (Wildman–Crippen LogP) is 11.3. The van der Waals surface area contributed by atoms with Gasteiger partial charge in [0, 0.05) is 6.42 Å². The zero-order valence-corrected chi connectivity index (χ0v) is 42.1. The Hall–Kier alpha value is -2.38. The van der Waals surface area contributed by atoms with E-state index in [4.69, 9.17) is 14.2 Å². The molecule has 0 aromatic carbocycles. The van der Waals surface area contributed by atoms with Crippen LogP contribution in [0.15, 0.2) is 48.6 Å². The van der Waals surface area contributed by atoms with E-state index < -0.39 is 67.4 Å². The Morgan fingerprint density at radius 3 is 1.62 bits per heavy atom. The van der Waals surface area contributed by atoms with Crippen LogP contribution in [0.1, 0.15) is 226 Å². The van der Waals surface area contributed by atoms with Gasteiger partial charge in [-0.3, -0.25) is 9.59 Å². The first-order valence-electron chi connectivity index (χ1n) is 26.9. The van der Waals surface area contributed by atoms with Crippen molar-refractivity contribution in [3.8, 4) is 0 Å². The third-order valence-corrected chi connectivity index (χ3v) is 12.6. The summed E-state index contributed by atoms with van der Waals surface area (Å²) in [6.45, 7) is 5.61. The van der Waals surface area contributed by atoms with Crippen LogP contribution in [0.4, 0.5) is 0 Å². The smallest absolute Gasteiger partial charge is 0.306 e. The molecule has 0 saturated carbocycles. The van der Waals surface area contributed by atoms with Gasteiger partial charge in [0.2, 0.25) is 5.91 Å². The number of hydrogen-bond acceptors (Lipinski definition) is 10. The number of aliphatic hydroxyl groups is 5. The number of hydrogen-bond donors (Lipinski definition) is 6. The molecule has 1 rings (SSSR count). The molecule has 1 aliphatic rings. The maximum atomic E-state index is 13.3. The Morgan fingerprint density at radius 2 is 1.09 bits per heavy atom. The minimum Gasteiger partial charge on any atom is -0.454 e. The average molecular weight is 934 g/mol. The molecule has 1 heterocycles. The van der Waals surface area contributed by atoms with Crippen LogP contribution in [0, 0.1) is 0 Å². The molecule has 66 heavy (non-hydrogen) atoms. The molecule has 0 radical (unpaired) electrons. The van der Waals surface area contributed by atoms with E-state index >= 15 is 0 Å². The van der Waals surface area contributed by atoms with Crippen molar-refractivity contribution in [1.29, 1.82) is 0 Å². The summed E-state index contributed by atoms with van der Waals surface area (Å²) < 4.78 is 17.5. The molecule has 0 aliphatic carbocycles. The number of nitrogens with one attached hydrogen (secondary N) is 1. The highest BCUT2D eigenvalue weighted by Crippen LogP contribution is 2.26. The third-order valence-electron chi connectivity index (χ3n) is 12.6. The zero-order chi connectivity index (χ0) is 48.3. The highest BCUT2D eigenvalue weighted by atomic mass is 16.7. The lowest BCUT2D eigenvalue weighted by atomic mass is 9.99. The SMILES string of the molecule is CC/C=C/C=C/C=C\CCCCCCCC(=O)OC1C(OCC(NC(=O)C(O)CCCCCCCCCCCCCC)C(O)/C=C/CCCCCCCCCCCC)OC(CO)C(O)C1O. The number of allylic oxidation sites excluding steroid dienone is 7. The van der Waals surface area contributed by atoms with Crippen molar-refractivity contribution < 1.29 is 49.3 Å². The second-order valence-electron chi connectivity index (χ2n) is 18.6. The van der Waals surface area contributed by atoms with Crippen molar-refractivity contribution in [2.24, 2.45) is 0 Å². The van der Waals surface area contributed by atoms with E-state index in [-0.39, 0.29) is 13.0 Å². The fourth-order valence-corrected chi connectivity index (χ4v) is 8.24. The number of amides is 1. The summed E-state index contributed by atoms with van der Waals surface area (Å²) in [7, 11) is 0. The molecule has 0 bridgehead atoms. The Balaban J connectivity index is 2.78. The normalized spacial score (nSPS) is 20.5. The van der Waals surface area contributed by atoms with Crippen LogP contribution in [0.3, 0.4) is 0 Å². The molecule has 1 aliphatic heterocycles. The molecule has 11 nitrogen and oxygen atoms in total. The van der Waals surface area contributed by atoms with Crippen LogP contribution in [-0.4, -0.2) is 99.6 Å². The topological polar surface area (TPSA) is 175 Å². The fourth-order valence-electron chi connectivity index (χ4n) is 8.24. The molecule has 0 aromatic rings. The molecular formula is C55H99NO10. The molecule has 1 fully saturated rings. The minimum absolute atomic E-state index is 0.101. The van der Waals surface area contributed by atoms with Crippen molar-refractivity contribution in [3.63, 3.8) is 0 Å². The van der Waals surface area contributed by atoms with Crippen LogP contribution < -0.4 is 5.32 Å². The van der Waals surface area contributed by atoms with Gasteiger partial charge in [0.1, 0.15) is 24.4 Å². The summed E-state index contributed by atoms with van der Waals surface area (Å²) in [5.74, 6) is -1.22. The molecule has 1 amide bonds. The van der Waals surface area contributed by atoms with E-state index in [2.05, 4.69) is 44.3 Å². The third kappa shape index (κ3) is 32.4. The second kappa shape index (κ2) is 43.9. The van der Waals surface area contributed by atoms with Gasteiger partial charge in [0.15, 0.2) is 12.4 Å². The molecular weight excluding hydrogens is 835 g/mol. The Kier molecular flexibility index (Phi) is 41.0. The van der Waals surface area contributed by atoms with Crippen LogP contribution in [0.5, 0.6) is 0 Å². The standard InChI is InChI=1S/C55H99NO10/c1-4-7-10-13-16-19-22-25-28-31-34-37-40-43-50(60)66-53-52(62)51(61)49(44-57)65-55(53)64-45-46(47(58)41-38-35-32-29-26-23-20-17-14-11-8-5-2)56-54(63)48(59)42-39-36-33-30-27-24-21-18-15-12-9-6-3/h7,10,13,16,19,22,38,41,46-49,51-53,55,57-59,61-62H,4-6,8-9,11-12,14-15,17-18,20-21,23-37,39-40,42-45H2,1-3H3,(H,56,63)/b10-7+,16-13+,22-19-,41-38+. The first-order chi connectivity index (χ1) is 32.2. The molecule has 8 unspecified atom stereocenters. The van der Waals surface area contributed by atoms with E-state index in [9.17, 15) is 35.1 Å². The number of carbonyl (C=O) groups is 2. The zero-order valence-electron chi connectivity index (χ0n) is 42.1. The van der Waals surface area contributed by atoms with Crippen LogP contribution in [-0.2, 0) is 23.8 Å². The Morgan fingerprint density at radius 1 is 0.606 bits per heavy atom. The molecule has 11 heteroatoms. The van der Waals surface area contributed by atoms with E-state index in [1.807, 2.05) is 24.3 Å². The van der Waals surface area contributed by atoms with Crippen molar-refractivity contribution in [2.75, 3.05) is 13.2 Å². The van der Waals surface area contributed by atoms with E-state index in [0.717, 1.165) is 77.0 Å². The quantitative estimate of drug-likeness (QED) is 0.0149. The first-order valence-corrected chi connectivity index (χ1v) is 26.9. The maximum absolute atomic E-state index is 13.3. The second-order valence-corrected chi connectivity index (χ2v) is 18.6. The van der Waals surface area contributed by atoms with E-state index in [1.165, 1.54) is 103 Å². The van der Waals surface area contributed by atoms with Gasteiger partial charge >= 0.3 is 5.97 Å². The summed E-state index contributed by atoms with van der Waals surface area (Å²) in [6, 6.07) is -1.02. The van der Waals surface area contributed by atoms with Crippen LogP contribution in [0.2, 0.25) is 0 Å². The fraction of sp³-hybridized carbons (Fsp3) is 0.818. The molecule has 0 aromatic heterocycles. The summed E-state index contributed by atoms with van der Waals surface area (Å²) in [5.41, 5.74) is 0. The number of ether oxygens (including phenoxy) is 3. The molecule has 384 valence electrons. The largest absolute Gasteiger partial charge is 0.454 e. The first kappa shape index (κ1) is 61.6. The van der Waals surface area contributed by atoms with Crippen molar-refractivity contribution >= 4 is 11.9 Å². The lowest BCUT2D eigenvalue weighted by Crippen LogP contribution is -2.61. The minimum atomic E-state index is -1.62. The summed E-state index contributed by atoms with van der Waals surface area (Å²) in [4.78, 5) is 26.3. The number of esters is 1. The van der Waals surface area contributed by atoms with Gasteiger partial charge in [0.25, 0.3) is 0 Å².